The van der Waals surface area contributed by atoms with Gasteiger partial charge in [-0.3, -0.25) is 4.68 Å². The number of nitrogens with one attached hydrogen (secondary N) is 1. The van der Waals surface area contributed by atoms with Gasteiger partial charge in [0.2, 0.25) is 10.0 Å². The third-order valence-corrected chi connectivity index (χ3v) is 4.66. The summed E-state index contributed by atoms with van der Waals surface area (Å²) >= 11 is 0. The number of rotatable bonds is 9. The molecule has 1 aromatic rings. The third-order valence-electron chi connectivity index (χ3n) is 3.28. The maximum atomic E-state index is 11.4. The molecule has 0 aromatic carbocycles. The lowest BCUT2D eigenvalue weighted by Gasteiger charge is -2.17. The molecular formula is C13H26N4O2S. The van der Waals surface area contributed by atoms with Gasteiger partial charge in [0, 0.05) is 26.7 Å². The minimum Gasteiger partial charge on any atom is -0.311 e. The van der Waals surface area contributed by atoms with Gasteiger partial charge in [0.05, 0.1) is 17.6 Å². The van der Waals surface area contributed by atoms with Crippen LogP contribution in [0.25, 0.3) is 0 Å². The monoisotopic (exact) mass is 302 g/mol. The normalized spacial score (nSPS) is 12.2. The minimum absolute atomic E-state index is 0.528. The van der Waals surface area contributed by atoms with E-state index in [2.05, 4.69) is 23.4 Å². The standard InChI is InChI=1S/C13H26N4O2S/c1-5-12-10-13(16(3)15-12)11-14-8-7-9-17(6-2)20(4,18)19/h10,14H,5-9,11H2,1-4H3. The van der Waals surface area contributed by atoms with Crippen molar-refractivity contribution in [2.45, 2.75) is 33.2 Å². The molecule has 0 unspecified atom stereocenters. The molecule has 1 N–H and O–H groups in total. The zero-order valence-corrected chi connectivity index (χ0v) is 13.7. The summed E-state index contributed by atoms with van der Waals surface area (Å²) in [6.45, 7) is 6.59. The molecule has 0 radical (unpaired) electrons. The van der Waals surface area contributed by atoms with Crippen molar-refractivity contribution in [2.75, 3.05) is 25.9 Å². The van der Waals surface area contributed by atoms with Crippen molar-refractivity contribution >= 4 is 10.0 Å². The van der Waals surface area contributed by atoms with E-state index < -0.39 is 10.0 Å². The van der Waals surface area contributed by atoms with Crippen molar-refractivity contribution < 1.29 is 8.42 Å². The fourth-order valence-electron chi connectivity index (χ4n) is 2.07. The van der Waals surface area contributed by atoms with E-state index in [-0.39, 0.29) is 0 Å². The van der Waals surface area contributed by atoms with E-state index >= 15 is 0 Å². The molecule has 0 aliphatic heterocycles. The molecule has 0 bridgehead atoms. The Balaban J connectivity index is 2.30. The SMILES string of the molecule is CCc1cc(CNCCCN(CC)S(C)(=O)=O)n(C)n1. The van der Waals surface area contributed by atoms with Crippen LogP contribution in [0.15, 0.2) is 6.07 Å². The maximum Gasteiger partial charge on any atom is 0.211 e. The van der Waals surface area contributed by atoms with Crippen LogP contribution in [0.1, 0.15) is 31.7 Å². The van der Waals surface area contributed by atoms with Crippen molar-refractivity contribution in [3.05, 3.63) is 17.5 Å². The van der Waals surface area contributed by atoms with Crippen LogP contribution in [0.3, 0.4) is 0 Å². The van der Waals surface area contributed by atoms with Gasteiger partial charge in [-0.15, -0.1) is 0 Å². The Morgan fingerprint density at radius 1 is 1.40 bits per heavy atom. The average Bonchev–Trinajstić information content (AvgIpc) is 2.73. The number of sulfonamides is 1. The molecule has 6 nitrogen and oxygen atoms in total. The summed E-state index contributed by atoms with van der Waals surface area (Å²) in [6, 6.07) is 2.10. The first-order valence-electron chi connectivity index (χ1n) is 7.06. The Hall–Kier alpha value is -0.920. The van der Waals surface area contributed by atoms with E-state index in [0.717, 1.165) is 37.3 Å². The number of aromatic nitrogens is 2. The zero-order valence-electron chi connectivity index (χ0n) is 12.9. The van der Waals surface area contributed by atoms with Gasteiger partial charge in [-0.2, -0.15) is 5.10 Å². The number of hydrogen-bond donors (Lipinski definition) is 1. The summed E-state index contributed by atoms with van der Waals surface area (Å²) < 4.78 is 26.2. The first kappa shape index (κ1) is 17.1. The van der Waals surface area contributed by atoms with Crippen molar-refractivity contribution in [1.82, 2.24) is 19.4 Å². The Morgan fingerprint density at radius 2 is 2.10 bits per heavy atom. The highest BCUT2D eigenvalue weighted by Gasteiger charge is 2.13. The summed E-state index contributed by atoms with van der Waals surface area (Å²) in [5.41, 5.74) is 2.25. The summed E-state index contributed by atoms with van der Waals surface area (Å²) in [4.78, 5) is 0. The van der Waals surface area contributed by atoms with E-state index in [1.807, 2.05) is 18.7 Å². The van der Waals surface area contributed by atoms with Crippen LogP contribution >= 0.6 is 0 Å². The zero-order chi connectivity index (χ0) is 15.2. The molecule has 0 saturated carbocycles. The van der Waals surface area contributed by atoms with E-state index in [1.165, 1.54) is 10.6 Å². The van der Waals surface area contributed by atoms with Gasteiger partial charge < -0.3 is 5.32 Å². The van der Waals surface area contributed by atoms with Crippen LogP contribution in [0.2, 0.25) is 0 Å². The first-order valence-corrected chi connectivity index (χ1v) is 8.91. The first-order chi connectivity index (χ1) is 9.38. The van der Waals surface area contributed by atoms with Crippen LogP contribution in [-0.2, 0) is 30.0 Å². The number of nitrogens with zero attached hydrogens (tertiary/aromatic N) is 3. The lowest BCUT2D eigenvalue weighted by Crippen LogP contribution is -2.32. The number of hydrogen-bond acceptors (Lipinski definition) is 4. The van der Waals surface area contributed by atoms with Gasteiger partial charge in [-0.05, 0) is 25.5 Å². The van der Waals surface area contributed by atoms with Gasteiger partial charge in [-0.1, -0.05) is 13.8 Å². The molecule has 0 spiro atoms. The predicted octanol–water partition coefficient (Wildman–Crippen LogP) is 0.744. The molecule has 116 valence electrons. The third kappa shape index (κ3) is 5.22. The van der Waals surface area contributed by atoms with E-state index in [4.69, 9.17) is 0 Å². The largest absolute Gasteiger partial charge is 0.311 e. The van der Waals surface area contributed by atoms with E-state index in [1.54, 1.807) is 0 Å². The highest BCUT2D eigenvalue weighted by Crippen LogP contribution is 2.03. The van der Waals surface area contributed by atoms with Gasteiger partial charge in [0.15, 0.2) is 0 Å². The van der Waals surface area contributed by atoms with Crippen molar-refractivity contribution in [3.63, 3.8) is 0 Å². The van der Waals surface area contributed by atoms with Gasteiger partial charge in [0.25, 0.3) is 0 Å². The summed E-state index contributed by atoms with van der Waals surface area (Å²) in [7, 11) is -1.13. The second-order valence-electron chi connectivity index (χ2n) is 4.89. The second-order valence-corrected chi connectivity index (χ2v) is 6.87. The molecule has 20 heavy (non-hydrogen) atoms. The molecule has 0 amide bonds. The highest BCUT2D eigenvalue weighted by molar-refractivity contribution is 7.88. The summed E-state index contributed by atoms with van der Waals surface area (Å²) in [6.07, 6.45) is 3.00. The molecule has 0 aliphatic carbocycles. The van der Waals surface area contributed by atoms with Crippen LogP contribution in [0.4, 0.5) is 0 Å². The Kier molecular flexibility index (Phi) is 6.64. The van der Waals surface area contributed by atoms with Crippen LogP contribution in [0, 0.1) is 0 Å². The topological polar surface area (TPSA) is 67.2 Å². The summed E-state index contributed by atoms with van der Waals surface area (Å²) in [5.74, 6) is 0. The molecule has 1 rings (SSSR count). The second kappa shape index (κ2) is 7.75. The molecular weight excluding hydrogens is 276 g/mol. The van der Waals surface area contributed by atoms with Gasteiger partial charge in [0.1, 0.15) is 0 Å². The average molecular weight is 302 g/mol. The maximum absolute atomic E-state index is 11.4. The van der Waals surface area contributed by atoms with Crippen LogP contribution in [0.5, 0.6) is 0 Å². The van der Waals surface area contributed by atoms with Crippen molar-refractivity contribution in [3.8, 4) is 0 Å². The fourth-order valence-corrected chi connectivity index (χ4v) is 2.99. The molecule has 0 fully saturated rings. The van der Waals surface area contributed by atoms with Crippen LogP contribution < -0.4 is 5.32 Å². The predicted molar refractivity (Wildman–Crippen MR) is 81.0 cm³/mol. The Labute approximate surface area is 122 Å². The van der Waals surface area contributed by atoms with Crippen LogP contribution in [-0.4, -0.2) is 48.4 Å². The molecule has 0 aliphatic rings. The lowest BCUT2D eigenvalue weighted by atomic mass is 10.3. The van der Waals surface area contributed by atoms with Crippen molar-refractivity contribution in [2.24, 2.45) is 7.05 Å². The molecule has 1 aromatic heterocycles. The molecule has 1 heterocycles. The summed E-state index contributed by atoms with van der Waals surface area (Å²) in [5, 5.41) is 7.72. The molecule has 0 atom stereocenters. The highest BCUT2D eigenvalue weighted by atomic mass is 32.2. The van der Waals surface area contributed by atoms with Crippen molar-refractivity contribution in [1.29, 1.82) is 0 Å². The smallest absolute Gasteiger partial charge is 0.211 e. The number of aryl methyl sites for hydroxylation is 2. The van der Waals surface area contributed by atoms with Gasteiger partial charge >= 0.3 is 0 Å². The van der Waals surface area contributed by atoms with E-state index in [9.17, 15) is 8.42 Å². The minimum atomic E-state index is -3.07. The molecule has 7 heteroatoms. The fraction of sp³-hybridized carbons (Fsp3) is 0.769. The lowest BCUT2D eigenvalue weighted by molar-refractivity contribution is 0.418. The Bertz CT molecular complexity index is 510. The van der Waals surface area contributed by atoms with Gasteiger partial charge in [-0.25, -0.2) is 12.7 Å². The quantitative estimate of drug-likeness (QED) is 0.683. The Morgan fingerprint density at radius 3 is 2.60 bits per heavy atom. The molecule has 0 saturated heterocycles. The van der Waals surface area contributed by atoms with E-state index in [0.29, 0.717) is 13.1 Å².